The molecule has 0 bridgehead atoms. The lowest BCUT2D eigenvalue weighted by Gasteiger charge is -2.07. The summed E-state index contributed by atoms with van der Waals surface area (Å²) in [5.74, 6) is 5.75. The molecule has 2 rings (SSSR count). The third-order valence-corrected chi connectivity index (χ3v) is 3.27. The number of nitrogens with zero attached hydrogens (tertiary/aromatic N) is 1. The van der Waals surface area contributed by atoms with Crippen LogP contribution in [-0.4, -0.2) is 17.4 Å². The average Bonchev–Trinajstić information content (AvgIpc) is 2.48. The Morgan fingerprint density at radius 3 is 3.00 bits per heavy atom. The number of aryl methyl sites for hydroxylation is 1. The monoisotopic (exact) mass is 299 g/mol. The number of hydrogen-bond donors (Lipinski definition) is 2. The van der Waals surface area contributed by atoms with Crippen LogP contribution in [-0.2, 0) is 0 Å². The van der Waals surface area contributed by atoms with Crippen molar-refractivity contribution >= 4 is 23.3 Å². The minimum Gasteiger partial charge on any atom is -0.320 e. The highest BCUT2D eigenvalue weighted by molar-refractivity contribution is 6.35. The molecule has 106 valence electrons. The first-order valence-electron chi connectivity index (χ1n) is 6.33. The zero-order chi connectivity index (χ0) is 15.2. The molecule has 4 nitrogen and oxygen atoms in total. The number of benzene rings is 1. The molecule has 0 unspecified atom stereocenters. The van der Waals surface area contributed by atoms with Gasteiger partial charge >= 0.3 is 0 Å². The molecular weight excluding hydrogens is 286 g/mol. The molecule has 1 amide bonds. The number of amides is 1. The fourth-order valence-corrected chi connectivity index (χ4v) is 1.95. The van der Waals surface area contributed by atoms with Crippen LogP contribution >= 0.6 is 11.6 Å². The summed E-state index contributed by atoms with van der Waals surface area (Å²) >= 11 is 6.14. The van der Waals surface area contributed by atoms with Crippen molar-refractivity contribution in [2.24, 2.45) is 5.73 Å². The van der Waals surface area contributed by atoms with Crippen molar-refractivity contribution in [3.05, 3.63) is 58.2 Å². The first-order chi connectivity index (χ1) is 10.1. The molecule has 0 saturated heterocycles. The molecule has 1 aromatic carbocycles. The second-order valence-corrected chi connectivity index (χ2v) is 4.70. The van der Waals surface area contributed by atoms with Gasteiger partial charge in [-0.15, -0.1) is 0 Å². The van der Waals surface area contributed by atoms with Crippen LogP contribution in [0, 0.1) is 18.8 Å². The van der Waals surface area contributed by atoms with Crippen LogP contribution in [0.25, 0.3) is 0 Å². The van der Waals surface area contributed by atoms with E-state index in [1.807, 2.05) is 13.0 Å². The van der Waals surface area contributed by atoms with E-state index in [0.29, 0.717) is 16.4 Å². The van der Waals surface area contributed by atoms with Gasteiger partial charge in [-0.1, -0.05) is 35.6 Å². The summed E-state index contributed by atoms with van der Waals surface area (Å²) in [4.78, 5) is 16.3. The van der Waals surface area contributed by atoms with Crippen LogP contribution in [0.15, 0.2) is 36.5 Å². The molecule has 0 aliphatic rings. The van der Waals surface area contributed by atoms with Gasteiger partial charge in [-0.2, -0.15) is 0 Å². The lowest BCUT2D eigenvalue weighted by Crippen LogP contribution is -2.13. The molecule has 21 heavy (non-hydrogen) atoms. The summed E-state index contributed by atoms with van der Waals surface area (Å²) in [6.45, 7) is 2.13. The highest BCUT2D eigenvalue weighted by atomic mass is 35.5. The Bertz CT molecular complexity index is 732. The molecule has 1 aromatic heterocycles. The maximum Gasteiger partial charge on any atom is 0.258 e. The minimum atomic E-state index is -0.305. The lowest BCUT2D eigenvalue weighted by atomic mass is 10.1. The number of carbonyl (C=O) groups excluding carboxylic acids is 1. The summed E-state index contributed by atoms with van der Waals surface area (Å²) in [6, 6.07) is 8.73. The van der Waals surface area contributed by atoms with Crippen LogP contribution in [0.5, 0.6) is 0 Å². The maximum atomic E-state index is 12.2. The van der Waals surface area contributed by atoms with Crippen molar-refractivity contribution in [1.82, 2.24) is 4.98 Å². The number of halogens is 1. The van der Waals surface area contributed by atoms with Crippen LogP contribution in [0.4, 0.5) is 5.82 Å². The summed E-state index contributed by atoms with van der Waals surface area (Å²) in [5.41, 5.74) is 7.33. The standard InChI is InChI=1S/C16H14ClN3O/c1-11-4-2-6-13(15(11)17)16(21)20-14-10-12(5-3-8-18)7-9-19-14/h2,4,6-7,9-10H,8,18H2,1H3,(H,19,20,21). The van der Waals surface area contributed by atoms with Crippen molar-refractivity contribution in [2.45, 2.75) is 6.92 Å². The molecule has 0 aliphatic heterocycles. The van der Waals surface area contributed by atoms with Crippen LogP contribution in [0.3, 0.4) is 0 Å². The smallest absolute Gasteiger partial charge is 0.258 e. The summed E-state index contributed by atoms with van der Waals surface area (Å²) in [5, 5.41) is 3.15. The van der Waals surface area contributed by atoms with Gasteiger partial charge < -0.3 is 11.1 Å². The van der Waals surface area contributed by atoms with E-state index in [4.69, 9.17) is 17.3 Å². The van der Waals surface area contributed by atoms with E-state index < -0.39 is 0 Å². The molecular formula is C16H14ClN3O. The first-order valence-corrected chi connectivity index (χ1v) is 6.71. The first kappa shape index (κ1) is 15.0. The third kappa shape index (κ3) is 3.82. The van der Waals surface area contributed by atoms with Crippen LogP contribution < -0.4 is 11.1 Å². The number of anilines is 1. The van der Waals surface area contributed by atoms with Crippen LogP contribution in [0.2, 0.25) is 5.02 Å². The summed E-state index contributed by atoms with van der Waals surface area (Å²) in [6.07, 6.45) is 1.58. The molecule has 1 heterocycles. The Labute approximate surface area is 128 Å². The molecule has 0 spiro atoms. The zero-order valence-corrected chi connectivity index (χ0v) is 12.2. The minimum absolute atomic E-state index is 0.281. The fourth-order valence-electron chi connectivity index (χ4n) is 1.74. The van der Waals surface area contributed by atoms with Gasteiger partial charge in [0.1, 0.15) is 5.82 Å². The Kier molecular flexibility index (Phi) is 4.94. The van der Waals surface area contributed by atoms with Gasteiger partial charge in [0.2, 0.25) is 0 Å². The molecule has 0 fully saturated rings. The summed E-state index contributed by atoms with van der Waals surface area (Å²) < 4.78 is 0. The zero-order valence-electron chi connectivity index (χ0n) is 11.5. The second-order valence-electron chi connectivity index (χ2n) is 4.33. The quantitative estimate of drug-likeness (QED) is 0.838. The maximum absolute atomic E-state index is 12.2. The van der Waals surface area contributed by atoms with Gasteiger partial charge in [-0.25, -0.2) is 4.98 Å². The van der Waals surface area contributed by atoms with Gasteiger partial charge in [0, 0.05) is 11.8 Å². The van der Waals surface area contributed by atoms with Crippen molar-refractivity contribution in [1.29, 1.82) is 0 Å². The van der Waals surface area contributed by atoms with E-state index in [1.54, 1.807) is 30.5 Å². The fraction of sp³-hybridized carbons (Fsp3) is 0.125. The number of nitrogens with two attached hydrogens (primary N) is 1. The van der Waals surface area contributed by atoms with Crippen molar-refractivity contribution < 1.29 is 4.79 Å². The predicted octanol–water partition coefficient (Wildman–Crippen LogP) is 2.61. The second kappa shape index (κ2) is 6.89. The lowest BCUT2D eigenvalue weighted by molar-refractivity contribution is 0.102. The van der Waals surface area contributed by atoms with Gasteiger partial charge in [-0.3, -0.25) is 4.79 Å². The number of rotatable bonds is 2. The number of pyridine rings is 1. The Hall–Kier alpha value is -2.35. The van der Waals surface area contributed by atoms with Crippen LogP contribution in [0.1, 0.15) is 21.5 Å². The molecule has 3 N–H and O–H groups in total. The number of aromatic nitrogens is 1. The van der Waals surface area contributed by atoms with Crippen molar-refractivity contribution in [3.8, 4) is 11.8 Å². The predicted molar refractivity (Wildman–Crippen MR) is 84.3 cm³/mol. The average molecular weight is 300 g/mol. The molecule has 2 aromatic rings. The third-order valence-electron chi connectivity index (χ3n) is 2.77. The highest BCUT2D eigenvalue weighted by Gasteiger charge is 2.12. The van der Waals surface area contributed by atoms with E-state index in [0.717, 1.165) is 11.1 Å². The van der Waals surface area contributed by atoms with Gasteiger partial charge in [0.25, 0.3) is 5.91 Å². The van der Waals surface area contributed by atoms with Crippen molar-refractivity contribution in [3.63, 3.8) is 0 Å². The molecule has 0 atom stereocenters. The normalized spacial score (nSPS) is 9.67. The molecule has 0 saturated carbocycles. The SMILES string of the molecule is Cc1cccc(C(=O)Nc2cc(C#CCN)ccn2)c1Cl. The van der Waals surface area contributed by atoms with E-state index in [-0.39, 0.29) is 12.5 Å². The molecule has 5 heteroatoms. The van der Waals surface area contributed by atoms with Crippen molar-refractivity contribution in [2.75, 3.05) is 11.9 Å². The highest BCUT2D eigenvalue weighted by Crippen LogP contribution is 2.21. The van der Waals surface area contributed by atoms with E-state index in [1.165, 1.54) is 0 Å². The van der Waals surface area contributed by atoms with Gasteiger partial charge in [0.15, 0.2) is 0 Å². The van der Waals surface area contributed by atoms with E-state index in [9.17, 15) is 4.79 Å². The topological polar surface area (TPSA) is 68.0 Å². The number of hydrogen-bond acceptors (Lipinski definition) is 3. The Morgan fingerprint density at radius 1 is 1.43 bits per heavy atom. The van der Waals surface area contributed by atoms with E-state index in [2.05, 4.69) is 22.1 Å². The van der Waals surface area contributed by atoms with E-state index >= 15 is 0 Å². The van der Waals surface area contributed by atoms with Gasteiger partial charge in [-0.05, 0) is 30.7 Å². The molecule has 0 aliphatic carbocycles. The van der Waals surface area contributed by atoms with Gasteiger partial charge in [0.05, 0.1) is 17.1 Å². The molecule has 0 radical (unpaired) electrons. The Balaban J connectivity index is 2.22. The Morgan fingerprint density at radius 2 is 2.24 bits per heavy atom. The summed E-state index contributed by atoms with van der Waals surface area (Å²) in [7, 11) is 0. The largest absolute Gasteiger partial charge is 0.320 e. The number of nitrogens with one attached hydrogen (secondary N) is 1. The number of carbonyl (C=O) groups is 1.